The number of aromatic nitrogens is 2. The van der Waals surface area contributed by atoms with Crippen LogP contribution in [0.15, 0.2) is 96.6 Å². The number of para-hydroxylation sites is 2. The number of hydrogen-bond donors (Lipinski definition) is 3. The molecule has 1 saturated heterocycles. The minimum absolute atomic E-state index is 0.0450. The van der Waals surface area contributed by atoms with E-state index in [1.54, 1.807) is 30.3 Å². The van der Waals surface area contributed by atoms with Crippen LogP contribution in [0.3, 0.4) is 0 Å². The summed E-state index contributed by atoms with van der Waals surface area (Å²) in [6, 6.07) is 25.6. The second-order valence-electron chi connectivity index (χ2n) is 8.40. The number of Topliss-reactive ketones (excluding diaryl/α,β-unsaturated/α-hetero) is 1. The number of hydrogen-bond acceptors (Lipinski definition) is 5. The maximum atomic E-state index is 13.3. The van der Waals surface area contributed by atoms with Crippen LogP contribution in [0, 0.1) is 0 Å². The average molecular weight is 461 g/mol. The summed E-state index contributed by atoms with van der Waals surface area (Å²) in [7, 11) is 0. The number of imidazole rings is 1. The third kappa shape index (κ3) is 3.33. The summed E-state index contributed by atoms with van der Waals surface area (Å²) in [6.07, 6.45) is 0. The number of ketones is 1. The van der Waals surface area contributed by atoms with Crippen LogP contribution in [-0.4, -0.2) is 31.9 Å². The Morgan fingerprint density at radius 3 is 2.34 bits per heavy atom. The molecule has 1 amide bonds. The molecule has 1 unspecified atom stereocenters. The normalized spacial score (nSPS) is 17.5. The molecule has 0 aliphatic carbocycles. The van der Waals surface area contributed by atoms with Gasteiger partial charge in [-0.05, 0) is 46.7 Å². The summed E-state index contributed by atoms with van der Waals surface area (Å²) in [4.78, 5) is 35.5. The Morgan fingerprint density at radius 2 is 1.57 bits per heavy atom. The topological polar surface area (TPSA) is 107 Å². The molecule has 35 heavy (non-hydrogen) atoms. The molecular formula is C28H19N3O4. The van der Waals surface area contributed by atoms with Crippen molar-refractivity contribution >= 4 is 45.2 Å². The first-order valence-electron chi connectivity index (χ1n) is 11.0. The van der Waals surface area contributed by atoms with Crippen molar-refractivity contribution in [2.75, 3.05) is 4.90 Å². The van der Waals surface area contributed by atoms with Gasteiger partial charge in [0.25, 0.3) is 5.78 Å². The first kappa shape index (κ1) is 20.7. The molecule has 4 aromatic carbocycles. The number of carbonyl (C=O) groups is 2. The molecule has 3 N–H and O–H groups in total. The van der Waals surface area contributed by atoms with Crippen LogP contribution in [0.5, 0.6) is 5.75 Å². The molecule has 5 aromatic rings. The van der Waals surface area contributed by atoms with Crippen LogP contribution < -0.4 is 4.90 Å². The first-order valence-corrected chi connectivity index (χ1v) is 11.0. The van der Waals surface area contributed by atoms with Crippen LogP contribution >= 0.6 is 0 Å². The van der Waals surface area contributed by atoms with E-state index in [-0.39, 0.29) is 23.0 Å². The third-order valence-electron chi connectivity index (χ3n) is 6.28. The molecule has 0 saturated carbocycles. The van der Waals surface area contributed by atoms with Gasteiger partial charge in [-0.3, -0.25) is 14.5 Å². The van der Waals surface area contributed by atoms with Gasteiger partial charge < -0.3 is 15.2 Å². The molecule has 0 radical (unpaired) electrons. The highest BCUT2D eigenvalue weighted by atomic mass is 16.3. The van der Waals surface area contributed by atoms with Crippen LogP contribution in [0.4, 0.5) is 5.95 Å². The average Bonchev–Trinajstić information content (AvgIpc) is 3.42. The number of fused-ring (bicyclic) bond motifs is 2. The monoisotopic (exact) mass is 461 g/mol. The highest BCUT2D eigenvalue weighted by Crippen LogP contribution is 2.42. The van der Waals surface area contributed by atoms with Gasteiger partial charge >= 0.3 is 5.91 Å². The summed E-state index contributed by atoms with van der Waals surface area (Å²) >= 11 is 0. The van der Waals surface area contributed by atoms with E-state index in [9.17, 15) is 19.8 Å². The maximum absolute atomic E-state index is 13.3. The molecule has 6 rings (SSSR count). The molecular weight excluding hydrogens is 442 g/mol. The van der Waals surface area contributed by atoms with Crippen molar-refractivity contribution in [3.63, 3.8) is 0 Å². The maximum Gasteiger partial charge on any atom is 0.302 e. The second kappa shape index (κ2) is 7.85. The highest BCUT2D eigenvalue weighted by Gasteiger charge is 2.48. The number of nitrogens with one attached hydrogen (secondary N) is 1. The second-order valence-corrected chi connectivity index (χ2v) is 8.40. The summed E-state index contributed by atoms with van der Waals surface area (Å²) in [6.45, 7) is 0. The van der Waals surface area contributed by atoms with E-state index in [1.165, 1.54) is 17.0 Å². The Labute approximate surface area is 199 Å². The standard InChI is InChI=1S/C28H19N3O4/c32-20-13-11-17(12-14-20)24-23(25(33)19-10-9-16-5-1-2-6-18(16)15-19)26(34)27(35)31(24)28-29-21-7-3-4-8-22(21)30-28/h1-15,24,32-33H,(H,29,30)/b25-23+. The number of anilines is 1. The number of aromatic amines is 1. The van der Waals surface area contributed by atoms with Crippen molar-refractivity contribution in [3.05, 3.63) is 108 Å². The van der Waals surface area contributed by atoms with Crippen molar-refractivity contribution in [1.82, 2.24) is 9.97 Å². The number of aliphatic hydroxyl groups excluding tert-OH is 1. The molecule has 7 heteroatoms. The van der Waals surface area contributed by atoms with E-state index < -0.39 is 17.7 Å². The number of rotatable bonds is 3. The van der Waals surface area contributed by atoms with Crippen LogP contribution in [0.1, 0.15) is 17.2 Å². The smallest absolute Gasteiger partial charge is 0.302 e. The number of amides is 1. The van der Waals surface area contributed by atoms with Gasteiger partial charge in [0.1, 0.15) is 11.5 Å². The van der Waals surface area contributed by atoms with E-state index in [2.05, 4.69) is 9.97 Å². The fourth-order valence-corrected chi connectivity index (χ4v) is 4.57. The zero-order chi connectivity index (χ0) is 24.1. The zero-order valence-electron chi connectivity index (χ0n) is 18.3. The molecule has 1 fully saturated rings. The van der Waals surface area contributed by atoms with Gasteiger partial charge in [-0.1, -0.05) is 60.7 Å². The number of H-pyrrole nitrogens is 1. The van der Waals surface area contributed by atoms with E-state index in [0.29, 0.717) is 22.2 Å². The van der Waals surface area contributed by atoms with Gasteiger partial charge in [0.2, 0.25) is 5.95 Å². The Hall–Kier alpha value is -4.91. The van der Waals surface area contributed by atoms with Gasteiger partial charge in [-0.15, -0.1) is 0 Å². The molecule has 1 atom stereocenters. The molecule has 1 aromatic heterocycles. The first-order chi connectivity index (χ1) is 17.0. The lowest BCUT2D eigenvalue weighted by molar-refractivity contribution is -0.132. The van der Waals surface area contributed by atoms with Crippen LogP contribution in [0.25, 0.3) is 27.6 Å². The summed E-state index contributed by atoms with van der Waals surface area (Å²) in [5, 5.41) is 23.0. The van der Waals surface area contributed by atoms with Crippen molar-refractivity contribution < 1.29 is 19.8 Å². The Bertz CT molecular complexity index is 1630. The molecule has 7 nitrogen and oxygen atoms in total. The lowest BCUT2D eigenvalue weighted by atomic mass is 9.94. The molecule has 170 valence electrons. The van der Waals surface area contributed by atoms with Gasteiger partial charge in [0.05, 0.1) is 22.6 Å². The molecule has 1 aliphatic heterocycles. The quantitative estimate of drug-likeness (QED) is 0.198. The molecule has 1 aliphatic rings. The van der Waals surface area contributed by atoms with Gasteiger partial charge in [-0.2, -0.15) is 0 Å². The number of phenols is 1. The predicted molar refractivity (Wildman–Crippen MR) is 133 cm³/mol. The van der Waals surface area contributed by atoms with Gasteiger partial charge in [-0.25, -0.2) is 4.98 Å². The minimum atomic E-state index is -0.942. The van der Waals surface area contributed by atoms with Crippen molar-refractivity contribution in [3.8, 4) is 5.75 Å². The Morgan fingerprint density at radius 1 is 0.857 bits per heavy atom. The lowest BCUT2D eigenvalue weighted by Crippen LogP contribution is -2.30. The van der Waals surface area contributed by atoms with Crippen LogP contribution in [-0.2, 0) is 9.59 Å². The number of aliphatic hydroxyl groups is 1. The summed E-state index contributed by atoms with van der Waals surface area (Å²) in [5.74, 6) is -1.64. The zero-order valence-corrected chi connectivity index (χ0v) is 18.3. The van der Waals surface area contributed by atoms with E-state index >= 15 is 0 Å². The largest absolute Gasteiger partial charge is 0.508 e. The van der Waals surface area contributed by atoms with Gasteiger partial charge in [0.15, 0.2) is 0 Å². The van der Waals surface area contributed by atoms with Gasteiger partial charge in [0, 0.05) is 5.56 Å². The van der Waals surface area contributed by atoms with Crippen molar-refractivity contribution in [1.29, 1.82) is 0 Å². The Kier molecular flexibility index (Phi) is 4.64. The minimum Gasteiger partial charge on any atom is -0.508 e. The van der Waals surface area contributed by atoms with E-state index in [0.717, 1.165) is 10.8 Å². The van der Waals surface area contributed by atoms with E-state index in [4.69, 9.17) is 0 Å². The SMILES string of the molecule is O=C1C(=O)N(c2nc3ccccc3[nH]2)C(c2ccc(O)cc2)/C1=C(\O)c1ccc2ccccc2c1. The van der Waals surface area contributed by atoms with E-state index in [1.807, 2.05) is 48.5 Å². The number of carbonyl (C=O) groups excluding carboxylic acids is 2. The third-order valence-corrected chi connectivity index (χ3v) is 6.28. The lowest BCUT2D eigenvalue weighted by Gasteiger charge is -2.23. The van der Waals surface area contributed by atoms with Crippen LogP contribution in [0.2, 0.25) is 0 Å². The fourth-order valence-electron chi connectivity index (χ4n) is 4.57. The molecule has 2 heterocycles. The molecule has 0 spiro atoms. The predicted octanol–water partition coefficient (Wildman–Crippen LogP) is 5.05. The summed E-state index contributed by atoms with van der Waals surface area (Å²) < 4.78 is 0. The van der Waals surface area contributed by atoms with Crippen molar-refractivity contribution in [2.45, 2.75) is 6.04 Å². The number of phenolic OH excluding ortho intramolecular Hbond substituents is 1. The van der Waals surface area contributed by atoms with Crippen molar-refractivity contribution in [2.24, 2.45) is 0 Å². The molecule has 0 bridgehead atoms. The number of nitrogens with zero attached hydrogens (tertiary/aromatic N) is 2. The number of benzene rings is 4. The highest BCUT2D eigenvalue weighted by molar-refractivity contribution is 6.51. The summed E-state index contributed by atoms with van der Waals surface area (Å²) in [5.41, 5.74) is 2.28. The fraction of sp³-hybridized carbons (Fsp3) is 0.0357. The Balaban J connectivity index is 1.57. The number of aromatic hydroxyl groups is 1.